The maximum atomic E-state index is 15.9. The average molecular weight is 939 g/mol. The van der Waals surface area contributed by atoms with Crippen molar-refractivity contribution in [1.29, 1.82) is 0 Å². The minimum Gasteiger partial charge on any atom is -0.494 e. The van der Waals surface area contributed by atoms with Crippen LogP contribution in [0.2, 0.25) is 0 Å². The normalized spacial score (nSPS) is 13.5. The number of halogens is 6. The van der Waals surface area contributed by atoms with Crippen molar-refractivity contribution in [3.63, 3.8) is 0 Å². The molecule has 0 radical (unpaired) electrons. The van der Waals surface area contributed by atoms with E-state index in [9.17, 15) is 19.0 Å². The van der Waals surface area contributed by atoms with E-state index in [-0.39, 0.29) is 0 Å². The fraction of sp³-hybridized carbons (Fsp3) is 0.250. The number of ether oxygens (including phenoxy) is 2. The molecule has 4 aromatic heterocycles. The molecule has 0 amide bonds. The molecule has 352 valence electrons. The van der Waals surface area contributed by atoms with Gasteiger partial charge in [0.2, 0.25) is 0 Å². The van der Waals surface area contributed by atoms with E-state index < -0.39 is 70.3 Å². The van der Waals surface area contributed by atoms with Crippen LogP contribution in [0.3, 0.4) is 0 Å². The van der Waals surface area contributed by atoms with Crippen LogP contribution in [-0.2, 0) is 36.1 Å². The number of alkyl halides is 4. The molecule has 14 nitrogen and oxygen atoms in total. The van der Waals surface area contributed by atoms with E-state index in [2.05, 4.69) is 41.0 Å². The summed E-state index contributed by atoms with van der Waals surface area (Å²) >= 11 is 0. The van der Waals surface area contributed by atoms with Gasteiger partial charge in [0.1, 0.15) is 47.2 Å². The first-order valence-electron chi connectivity index (χ1n) is 21.0. The third kappa shape index (κ3) is 10.1. The topological polar surface area (TPSA) is 172 Å². The predicted molar refractivity (Wildman–Crippen MR) is 235 cm³/mol. The van der Waals surface area contributed by atoms with Crippen LogP contribution in [0.25, 0.3) is 22.3 Å². The summed E-state index contributed by atoms with van der Waals surface area (Å²) in [6.07, 6.45) is 4.69. The van der Waals surface area contributed by atoms with E-state index in [1.807, 2.05) is 13.8 Å². The molecule has 8 rings (SSSR count). The van der Waals surface area contributed by atoms with E-state index in [0.717, 1.165) is 69.5 Å². The third-order valence-electron chi connectivity index (χ3n) is 10.9. The van der Waals surface area contributed by atoms with Crippen molar-refractivity contribution in [3.05, 3.63) is 180 Å². The molecule has 0 saturated heterocycles. The molecule has 0 saturated carbocycles. The molecule has 0 aliphatic rings. The quantitative estimate of drug-likeness (QED) is 0.0887. The molecule has 0 unspecified atom stereocenters. The number of aliphatic hydroxyl groups is 2. The molecule has 2 N–H and O–H groups in total. The van der Waals surface area contributed by atoms with Crippen LogP contribution in [0.15, 0.2) is 134 Å². The van der Waals surface area contributed by atoms with Crippen LogP contribution in [0.5, 0.6) is 11.5 Å². The molecule has 4 aromatic carbocycles. The molecule has 8 aromatic rings. The maximum Gasteiger partial charge on any atom is 0.323 e. The highest BCUT2D eigenvalue weighted by Crippen LogP contribution is 2.48. The minimum atomic E-state index is -3.99. The summed E-state index contributed by atoms with van der Waals surface area (Å²) in [5.41, 5.74) is -4.94. The number of tetrazole rings is 2. The van der Waals surface area contributed by atoms with Gasteiger partial charge in [-0.3, -0.25) is 9.97 Å². The summed E-state index contributed by atoms with van der Waals surface area (Å²) in [7, 11) is 0. The van der Waals surface area contributed by atoms with Crippen molar-refractivity contribution in [2.24, 2.45) is 0 Å². The van der Waals surface area contributed by atoms with Crippen LogP contribution < -0.4 is 9.47 Å². The summed E-state index contributed by atoms with van der Waals surface area (Å²) in [5.74, 6) is -8.55. The van der Waals surface area contributed by atoms with Crippen molar-refractivity contribution in [2.45, 2.75) is 63.8 Å². The van der Waals surface area contributed by atoms with Crippen molar-refractivity contribution in [2.75, 3.05) is 13.2 Å². The fourth-order valence-electron chi connectivity index (χ4n) is 7.34. The van der Waals surface area contributed by atoms with Gasteiger partial charge in [-0.15, -0.1) is 10.2 Å². The molecule has 68 heavy (non-hydrogen) atoms. The predicted octanol–water partition coefficient (Wildman–Crippen LogP) is 8.52. The molecule has 0 bridgehead atoms. The van der Waals surface area contributed by atoms with Crippen LogP contribution in [-0.4, -0.2) is 73.8 Å². The second-order valence-electron chi connectivity index (χ2n) is 15.6. The fourth-order valence-corrected chi connectivity index (χ4v) is 7.34. The van der Waals surface area contributed by atoms with Gasteiger partial charge in [0.15, 0.2) is 11.2 Å². The number of benzene rings is 4. The third-order valence-corrected chi connectivity index (χ3v) is 10.9. The van der Waals surface area contributed by atoms with Gasteiger partial charge in [-0.05, 0) is 119 Å². The summed E-state index contributed by atoms with van der Waals surface area (Å²) in [4.78, 5) is 7.86. The molecular weight excluding hydrogens is 895 g/mol. The smallest absolute Gasteiger partial charge is 0.323 e. The van der Waals surface area contributed by atoms with Crippen molar-refractivity contribution in [1.82, 2.24) is 50.4 Å². The van der Waals surface area contributed by atoms with E-state index >= 15 is 17.6 Å². The SMILES string of the molecule is CCOc1ccc(-c2ccc(C(F)(F)[C@@](O)(Cn3cnnn3)c3ccc(C)cc3F)nc2)cc1.CCOc1ccc(-c2ccc(C(F)(F)[C@](O)(Cn3cnnn3)c3ccc(C)cc3F)nc2)cc1. The molecule has 4 heterocycles. The number of rotatable bonds is 16. The molecule has 0 aliphatic heterocycles. The van der Waals surface area contributed by atoms with Gasteiger partial charge in [0.05, 0.1) is 26.3 Å². The van der Waals surface area contributed by atoms with Gasteiger partial charge in [-0.25, -0.2) is 18.1 Å². The Bertz CT molecular complexity index is 2700. The van der Waals surface area contributed by atoms with Crippen LogP contribution >= 0.6 is 0 Å². The van der Waals surface area contributed by atoms with Gasteiger partial charge in [0, 0.05) is 34.6 Å². The van der Waals surface area contributed by atoms with E-state index in [4.69, 9.17) is 9.47 Å². The first-order chi connectivity index (χ1) is 32.5. The lowest BCUT2D eigenvalue weighted by Gasteiger charge is -2.35. The monoisotopic (exact) mass is 938 g/mol. The molecule has 2 atom stereocenters. The van der Waals surface area contributed by atoms with Gasteiger partial charge in [-0.2, -0.15) is 17.6 Å². The molecule has 0 fully saturated rings. The lowest BCUT2D eigenvalue weighted by Crippen LogP contribution is -2.48. The molecular formula is C48H44F6N10O4. The van der Waals surface area contributed by atoms with Gasteiger partial charge in [0.25, 0.3) is 0 Å². The Hall–Kier alpha value is -7.58. The Morgan fingerprint density at radius 3 is 1.18 bits per heavy atom. The van der Waals surface area contributed by atoms with Gasteiger partial charge >= 0.3 is 11.8 Å². The molecule has 0 aliphatic carbocycles. The summed E-state index contributed by atoms with van der Waals surface area (Å²) in [5, 5.41) is 43.4. The first kappa shape index (κ1) is 48.4. The highest BCUT2D eigenvalue weighted by Gasteiger charge is 2.59. The number of hydrogen-bond acceptors (Lipinski definition) is 12. The Labute approximate surface area is 385 Å². The Morgan fingerprint density at radius 2 is 0.882 bits per heavy atom. The summed E-state index contributed by atoms with van der Waals surface area (Å²) in [6, 6.07) is 26.7. The zero-order chi connectivity index (χ0) is 48.7. The number of aromatic nitrogens is 10. The minimum absolute atomic E-state index is 0.521. The Balaban J connectivity index is 0.000000201. The zero-order valence-electron chi connectivity index (χ0n) is 37.0. The first-order valence-corrected chi connectivity index (χ1v) is 21.0. The van der Waals surface area contributed by atoms with Crippen LogP contribution in [0.4, 0.5) is 26.3 Å². The average Bonchev–Trinajstić information content (AvgIpc) is 4.05. The highest BCUT2D eigenvalue weighted by molar-refractivity contribution is 5.64. The number of aryl methyl sites for hydroxylation is 2. The standard InChI is InChI=1S/2C24H22F3N5O2/c2*1-3-34-19-8-5-17(6-9-19)18-7-11-22(28-13-18)24(26,27)23(33,14-32-15-29-30-31-32)20-10-4-16(2)12-21(20)25/h2*4-13,15,33H,3,14H2,1-2H3/t2*23-/m10/s1. The van der Waals surface area contributed by atoms with Gasteiger partial charge in [-0.1, -0.05) is 60.7 Å². The van der Waals surface area contributed by atoms with E-state index in [1.165, 1.54) is 36.7 Å². The Kier molecular flexibility index (Phi) is 14.3. The van der Waals surface area contributed by atoms with Gasteiger partial charge < -0.3 is 19.7 Å². The number of pyridine rings is 2. The Morgan fingerprint density at radius 1 is 0.515 bits per heavy atom. The maximum absolute atomic E-state index is 15.9. The van der Waals surface area contributed by atoms with Crippen molar-refractivity contribution >= 4 is 0 Å². The lowest BCUT2D eigenvalue weighted by atomic mass is 9.84. The zero-order valence-corrected chi connectivity index (χ0v) is 37.0. The highest BCUT2D eigenvalue weighted by atomic mass is 19.3. The second kappa shape index (κ2) is 20.1. The van der Waals surface area contributed by atoms with Crippen LogP contribution in [0, 0.1) is 25.5 Å². The van der Waals surface area contributed by atoms with Crippen molar-refractivity contribution < 1.29 is 46.0 Å². The summed E-state index contributed by atoms with van der Waals surface area (Å²) < 4.78 is 106. The summed E-state index contributed by atoms with van der Waals surface area (Å²) in [6.45, 7) is 6.45. The second-order valence-corrected chi connectivity index (χ2v) is 15.6. The van der Waals surface area contributed by atoms with E-state index in [1.54, 1.807) is 62.4 Å². The molecule has 0 spiro atoms. The molecule has 20 heteroatoms. The van der Waals surface area contributed by atoms with Crippen LogP contribution in [0.1, 0.15) is 47.5 Å². The van der Waals surface area contributed by atoms with E-state index in [0.29, 0.717) is 47.0 Å². The lowest BCUT2D eigenvalue weighted by molar-refractivity contribution is -0.207. The number of nitrogens with zero attached hydrogens (tertiary/aromatic N) is 10. The largest absolute Gasteiger partial charge is 0.494 e. The van der Waals surface area contributed by atoms with Crippen molar-refractivity contribution in [3.8, 4) is 33.8 Å². The number of hydrogen-bond donors (Lipinski definition) is 2.